The Hall–Kier alpha value is -2.62. The SMILES string of the molecule is c1ccc(Nc2nncn2-c2ccccc2)cc1. The fourth-order valence-electron chi connectivity index (χ4n) is 1.75. The maximum atomic E-state index is 4.09. The molecule has 1 N–H and O–H groups in total. The highest BCUT2D eigenvalue weighted by Gasteiger charge is 2.05. The molecule has 0 bridgehead atoms. The van der Waals surface area contributed by atoms with Crippen LogP contribution < -0.4 is 5.32 Å². The van der Waals surface area contributed by atoms with Gasteiger partial charge in [0.05, 0.1) is 5.69 Å². The summed E-state index contributed by atoms with van der Waals surface area (Å²) >= 11 is 0. The fraction of sp³-hybridized carbons (Fsp3) is 0. The molecule has 18 heavy (non-hydrogen) atoms. The van der Waals surface area contributed by atoms with Gasteiger partial charge in [-0.2, -0.15) is 0 Å². The lowest BCUT2D eigenvalue weighted by Crippen LogP contribution is -2.00. The van der Waals surface area contributed by atoms with E-state index >= 15 is 0 Å². The van der Waals surface area contributed by atoms with Crippen LogP contribution in [0.25, 0.3) is 5.69 Å². The maximum absolute atomic E-state index is 4.09. The maximum Gasteiger partial charge on any atom is 0.233 e. The summed E-state index contributed by atoms with van der Waals surface area (Å²) in [4.78, 5) is 0. The molecule has 1 aromatic heterocycles. The largest absolute Gasteiger partial charge is 0.324 e. The van der Waals surface area contributed by atoms with Gasteiger partial charge in [-0.3, -0.25) is 4.57 Å². The molecule has 0 aliphatic carbocycles. The Balaban J connectivity index is 1.93. The number of rotatable bonds is 3. The molecule has 0 radical (unpaired) electrons. The molecule has 0 aliphatic rings. The van der Waals surface area contributed by atoms with E-state index in [9.17, 15) is 0 Å². The Kier molecular flexibility index (Phi) is 2.75. The van der Waals surface area contributed by atoms with Crippen LogP contribution in [0.4, 0.5) is 11.6 Å². The Bertz CT molecular complexity index is 617. The van der Waals surface area contributed by atoms with Crippen LogP contribution in [-0.4, -0.2) is 14.8 Å². The first-order chi connectivity index (χ1) is 8.93. The van der Waals surface area contributed by atoms with Crippen molar-refractivity contribution in [3.63, 3.8) is 0 Å². The van der Waals surface area contributed by atoms with Crippen LogP contribution in [0.5, 0.6) is 0 Å². The zero-order chi connectivity index (χ0) is 12.2. The Morgan fingerprint density at radius 2 is 1.50 bits per heavy atom. The molecular weight excluding hydrogens is 224 g/mol. The third-order valence-electron chi connectivity index (χ3n) is 2.61. The van der Waals surface area contributed by atoms with Crippen molar-refractivity contribution in [2.24, 2.45) is 0 Å². The van der Waals surface area contributed by atoms with Gasteiger partial charge in [0.2, 0.25) is 5.95 Å². The van der Waals surface area contributed by atoms with Gasteiger partial charge in [0.15, 0.2) is 0 Å². The molecule has 0 saturated heterocycles. The first-order valence-corrected chi connectivity index (χ1v) is 5.71. The molecule has 88 valence electrons. The van der Waals surface area contributed by atoms with Gasteiger partial charge in [0.25, 0.3) is 0 Å². The number of aromatic nitrogens is 3. The molecule has 0 atom stereocenters. The van der Waals surface area contributed by atoms with Gasteiger partial charge in [-0.05, 0) is 24.3 Å². The summed E-state index contributed by atoms with van der Waals surface area (Å²) in [5.74, 6) is 0.701. The second kappa shape index (κ2) is 4.71. The van der Waals surface area contributed by atoms with Crippen LogP contribution in [-0.2, 0) is 0 Å². The number of para-hydroxylation sites is 2. The van der Waals surface area contributed by atoms with Crippen molar-refractivity contribution < 1.29 is 0 Å². The molecule has 0 aliphatic heterocycles. The van der Waals surface area contributed by atoms with Gasteiger partial charge in [0, 0.05) is 5.69 Å². The van der Waals surface area contributed by atoms with E-state index in [4.69, 9.17) is 0 Å². The van der Waals surface area contributed by atoms with Crippen molar-refractivity contribution in [1.82, 2.24) is 14.8 Å². The molecule has 3 rings (SSSR count). The predicted molar refractivity (Wildman–Crippen MR) is 71.1 cm³/mol. The van der Waals surface area contributed by atoms with E-state index in [1.54, 1.807) is 6.33 Å². The molecule has 0 spiro atoms. The highest BCUT2D eigenvalue weighted by molar-refractivity contribution is 5.55. The molecule has 0 unspecified atom stereocenters. The summed E-state index contributed by atoms with van der Waals surface area (Å²) in [5.41, 5.74) is 2.02. The zero-order valence-corrected chi connectivity index (χ0v) is 9.69. The molecule has 0 fully saturated rings. The minimum absolute atomic E-state index is 0.701. The van der Waals surface area contributed by atoms with Crippen LogP contribution in [0.15, 0.2) is 67.0 Å². The molecule has 2 aromatic carbocycles. The fourth-order valence-corrected chi connectivity index (χ4v) is 1.75. The smallest absolute Gasteiger partial charge is 0.233 e. The summed E-state index contributed by atoms with van der Waals surface area (Å²) in [6.07, 6.45) is 1.70. The number of nitrogens with zero attached hydrogens (tertiary/aromatic N) is 3. The van der Waals surface area contributed by atoms with E-state index in [0.717, 1.165) is 11.4 Å². The Labute approximate surface area is 105 Å². The average Bonchev–Trinajstić information content (AvgIpc) is 2.89. The molecule has 4 heteroatoms. The average molecular weight is 236 g/mol. The third-order valence-corrected chi connectivity index (χ3v) is 2.61. The third kappa shape index (κ3) is 2.08. The molecular formula is C14H12N4. The van der Waals surface area contributed by atoms with Crippen molar-refractivity contribution in [2.45, 2.75) is 0 Å². The lowest BCUT2D eigenvalue weighted by Gasteiger charge is -2.08. The van der Waals surface area contributed by atoms with Gasteiger partial charge < -0.3 is 5.32 Å². The number of benzene rings is 2. The van der Waals surface area contributed by atoms with Crippen LogP contribution in [0.3, 0.4) is 0 Å². The number of hydrogen-bond donors (Lipinski definition) is 1. The molecule has 3 aromatic rings. The minimum Gasteiger partial charge on any atom is -0.324 e. The van der Waals surface area contributed by atoms with Crippen molar-refractivity contribution in [3.8, 4) is 5.69 Å². The van der Waals surface area contributed by atoms with Crippen LogP contribution >= 0.6 is 0 Å². The monoisotopic (exact) mass is 236 g/mol. The Morgan fingerprint density at radius 3 is 2.22 bits per heavy atom. The van der Waals surface area contributed by atoms with Gasteiger partial charge in [-0.1, -0.05) is 36.4 Å². The quantitative estimate of drug-likeness (QED) is 0.760. The van der Waals surface area contributed by atoms with E-state index in [1.807, 2.05) is 65.2 Å². The van der Waals surface area contributed by atoms with Crippen LogP contribution in [0, 0.1) is 0 Å². The first-order valence-electron chi connectivity index (χ1n) is 5.71. The van der Waals surface area contributed by atoms with Crippen LogP contribution in [0.1, 0.15) is 0 Å². The van der Waals surface area contributed by atoms with Crippen molar-refractivity contribution in [3.05, 3.63) is 67.0 Å². The molecule has 0 amide bonds. The van der Waals surface area contributed by atoms with Gasteiger partial charge in [-0.25, -0.2) is 0 Å². The van der Waals surface area contributed by atoms with E-state index in [0.29, 0.717) is 5.95 Å². The second-order valence-corrected chi connectivity index (χ2v) is 3.85. The highest BCUT2D eigenvalue weighted by atomic mass is 15.3. The summed E-state index contributed by atoms with van der Waals surface area (Å²) in [6.45, 7) is 0. The summed E-state index contributed by atoms with van der Waals surface area (Å²) < 4.78 is 1.91. The van der Waals surface area contributed by atoms with Gasteiger partial charge in [0.1, 0.15) is 6.33 Å². The predicted octanol–water partition coefficient (Wildman–Crippen LogP) is 3.01. The van der Waals surface area contributed by atoms with E-state index in [1.165, 1.54) is 0 Å². The standard InChI is InChI=1S/C14H12N4/c1-3-7-12(8-4-1)16-14-17-15-11-18(14)13-9-5-2-6-10-13/h1-11H,(H,16,17). The van der Waals surface area contributed by atoms with Crippen molar-refractivity contribution in [1.29, 1.82) is 0 Å². The highest BCUT2D eigenvalue weighted by Crippen LogP contribution is 2.17. The normalized spacial score (nSPS) is 10.2. The van der Waals surface area contributed by atoms with E-state index in [-0.39, 0.29) is 0 Å². The van der Waals surface area contributed by atoms with E-state index in [2.05, 4.69) is 15.5 Å². The molecule has 0 saturated carbocycles. The van der Waals surface area contributed by atoms with Crippen molar-refractivity contribution >= 4 is 11.6 Å². The van der Waals surface area contributed by atoms with Crippen molar-refractivity contribution in [2.75, 3.05) is 5.32 Å². The van der Waals surface area contributed by atoms with Gasteiger partial charge >= 0.3 is 0 Å². The second-order valence-electron chi connectivity index (χ2n) is 3.85. The summed E-state index contributed by atoms with van der Waals surface area (Å²) in [7, 11) is 0. The molecule has 4 nitrogen and oxygen atoms in total. The van der Waals surface area contributed by atoms with E-state index < -0.39 is 0 Å². The van der Waals surface area contributed by atoms with Gasteiger partial charge in [-0.15, -0.1) is 10.2 Å². The summed E-state index contributed by atoms with van der Waals surface area (Å²) in [6, 6.07) is 19.9. The minimum atomic E-state index is 0.701. The summed E-state index contributed by atoms with van der Waals surface area (Å²) in [5, 5.41) is 11.3. The topological polar surface area (TPSA) is 42.7 Å². The Morgan fingerprint density at radius 1 is 0.833 bits per heavy atom. The lowest BCUT2D eigenvalue weighted by atomic mass is 10.3. The first kappa shape index (κ1) is 10.5. The number of nitrogens with one attached hydrogen (secondary N) is 1. The number of hydrogen-bond acceptors (Lipinski definition) is 3. The zero-order valence-electron chi connectivity index (χ0n) is 9.69. The molecule has 1 heterocycles. The van der Waals surface area contributed by atoms with Crippen LogP contribution in [0.2, 0.25) is 0 Å². The lowest BCUT2D eigenvalue weighted by molar-refractivity contribution is 1.06. The number of anilines is 2.